The van der Waals surface area contributed by atoms with Gasteiger partial charge in [-0.05, 0) is 38.5 Å². The molecule has 5 rings (SSSR count). The lowest BCUT2D eigenvalue weighted by molar-refractivity contribution is 0.265. The predicted molar refractivity (Wildman–Crippen MR) is 133 cm³/mol. The molecule has 1 fully saturated rings. The highest BCUT2D eigenvalue weighted by Crippen LogP contribution is 2.39. The molecule has 0 radical (unpaired) electrons. The van der Waals surface area contributed by atoms with Gasteiger partial charge in [-0.25, -0.2) is 9.97 Å². The van der Waals surface area contributed by atoms with E-state index in [1.165, 1.54) is 0 Å². The number of benzene rings is 1. The van der Waals surface area contributed by atoms with Crippen molar-refractivity contribution < 1.29 is 19.3 Å². The average Bonchev–Trinajstić information content (AvgIpc) is 3.57. The van der Waals surface area contributed by atoms with Gasteiger partial charge in [0.2, 0.25) is 11.7 Å². The van der Waals surface area contributed by atoms with Gasteiger partial charge in [0.1, 0.15) is 18.0 Å². The largest absolute Gasteiger partial charge is 0.493 e. The smallest absolute Gasteiger partial charge is 0.227 e. The van der Waals surface area contributed by atoms with Crippen molar-refractivity contribution in [1.29, 1.82) is 0 Å². The lowest BCUT2D eigenvalue weighted by Gasteiger charge is -2.26. The van der Waals surface area contributed by atoms with E-state index in [1.54, 1.807) is 27.7 Å². The van der Waals surface area contributed by atoms with Crippen LogP contribution in [0.1, 0.15) is 36.9 Å². The number of fused-ring (bicyclic) bond motifs is 1. The quantitative estimate of drug-likeness (QED) is 0.502. The molecule has 1 saturated heterocycles. The molecule has 0 bridgehead atoms. The van der Waals surface area contributed by atoms with Crippen molar-refractivity contribution in [3.05, 3.63) is 35.9 Å². The van der Waals surface area contributed by atoms with Gasteiger partial charge in [0, 0.05) is 24.2 Å². The van der Waals surface area contributed by atoms with Crippen molar-refractivity contribution in [2.24, 2.45) is 0 Å². The number of aliphatic hydroxyl groups is 1. The number of methoxy groups -OCH3 is 3. The minimum atomic E-state index is 0.0729. The first kappa shape index (κ1) is 23.2. The number of aliphatic hydroxyl groups excluding tert-OH is 1. The number of nitrogens with zero attached hydrogens (tertiary/aromatic N) is 5. The Morgan fingerprint density at radius 1 is 1.03 bits per heavy atom. The van der Waals surface area contributed by atoms with Crippen LogP contribution in [0.25, 0.3) is 5.69 Å². The summed E-state index contributed by atoms with van der Waals surface area (Å²) in [4.78, 5) is 16.5. The summed E-state index contributed by atoms with van der Waals surface area (Å²) in [5, 5.41) is 13.2. The van der Waals surface area contributed by atoms with Crippen LogP contribution < -0.4 is 24.4 Å². The maximum atomic E-state index is 9.81. The molecular weight excluding hydrogens is 448 g/mol. The number of ether oxygens (including phenoxy) is 3. The molecule has 0 spiro atoms. The Kier molecular flexibility index (Phi) is 6.63. The van der Waals surface area contributed by atoms with Gasteiger partial charge in [-0.1, -0.05) is 0 Å². The average molecular weight is 481 g/mol. The van der Waals surface area contributed by atoms with E-state index in [2.05, 4.69) is 15.2 Å². The third-order valence-corrected chi connectivity index (χ3v) is 6.79. The predicted octanol–water partition coefficient (Wildman–Crippen LogP) is 3.27. The first-order valence-corrected chi connectivity index (χ1v) is 12.0. The van der Waals surface area contributed by atoms with E-state index in [4.69, 9.17) is 24.2 Å². The Morgan fingerprint density at radius 3 is 2.51 bits per heavy atom. The van der Waals surface area contributed by atoms with Crippen molar-refractivity contribution in [3.63, 3.8) is 0 Å². The lowest BCUT2D eigenvalue weighted by Crippen LogP contribution is -2.34. The fraction of sp³-hybridized carbons (Fsp3) is 0.480. The van der Waals surface area contributed by atoms with Crippen LogP contribution in [0, 0.1) is 0 Å². The zero-order valence-electron chi connectivity index (χ0n) is 20.5. The zero-order valence-corrected chi connectivity index (χ0v) is 20.5. The van der Waals surface area contributed by atoms with E-state index in [0.717, 1.165) is 67.8 Å². The van der Waals surface area contributed by atoms with Crippen molar-refractivity contribution in [3.8, 4) is 22.9 Å². The van der Waals surface area contributed by atoms with E-state index >= 15 is 0 Å². The molecule has 1 unspecified atom stereocenters. The second-order valence-corrected chi connectivity index (χ2v) is 8.85. The maximum absolute atomic E-state index is 9.81. The Balaban J connectivity index is 1.47. The number of anilines is 3. The monoisotopic (exact) mass is 480 g/mol. The summed E-state index contributed by atoms with van der Waals surface area (Å²) >= 11 is 0. The zero-order chi connectivity index (χ0) is 24.4. The van der Waals surface area contributed by atoms with E-state index in [9.17, 15) is 5.11 Å². The molecule has 1 aliphatic heterocycles. The first-order chi connectivity index (χ1) is 17.1. The molecule has 3 aromatic rings. The van der Waals surface area contributed by atoms with Gasteiger partial charge in [0.15, 0.2) is 11.5 Å². The number of rotatable bonds is 8. The summed E-state index contributed by atoms with van der Waals surface area (Å²) in [5.74, 6) is 3.85. The summed E-state index contributed by atoms with van der Waals surface area (Å²) < 4.78 is 18.3. The van der Waals surface area contributed by atoms with Crippen LogP contribution in [-0.2, 0) is 12.8 Å². The maximum Gasteiger partial charge on any atom is 0.227 e. The third kappa shape index (κ3) is 4.45. The number of imidazole rings is 1. The van der Waals surface area contributed by atoms with E-state index < -0.39 is 0 Å². The molecule has 10 heteroatoms. The molecule has 1 aromatic carbocycles. The van der Waals surface area contributed by atoms with Crippen molar-refractivity contribution in [2.75, 3.05) is 44.7 Å². The van der Waals surface area contributed by atoms with E-state index in [-0.39, 0.29) is 12.6 Å². The molecule has 2 N–H and O–H groups in total. The van der Waals surface area contributed by atoms with Crippen LogP contribution in [-0.4, -0.2) is 65.1 Å². The molecule has 35 heavy (non-hydrogen) atoms. The second-order valence-electron chi connectivity index (χ2n) is 8.85. The van der Waals surface area contributed by atoms with Crippen LogP contribution in [0.2, 0.25) is 0 Å². The topological polar surface area (TPSA) is 107 Å². The van der Waals surface area contributed by atoms with Crippen LogP contribution in [0.4, 0.5) is 17.6 Å². The summed E-state index contributed by atoms with van der Waals surface area (Å²) in [6.07, 6.45) is 9.76. The van der Waals surface area contributed by atoms with Crippen LogP contribution in [0.5, 0.6) is 17.2 Å². The van der Waals surface area contributed by atoms with Crippen molar-refractivity contribution >= 4 is 17.6 Å². The first-order valence-electron chi connectivity index (χ1n) is 12.0. The van der Waals surface area contributed by atoms with Gasteiger partial charge in [-0.3, -0.25) is 0 Å². The second kappa shape index (κ2) is 9.99. The molecule has 3 heterocycles. The van der Waals surface area contributed by atoms with Gasteiger partial charge in [-0.15, -0.1) is 0 Å². The molecule has 186 valence electrons. The van der Waals surface area contributed by atoms with E-state index in [0.29, 0.717) is 29.0 Å². The SMILES string of the molecule is COc1cc(-n2cnc(Nc3nc(N4CCCC4CO)nc4c3CCCC4)c2)cc(OC)c1OC. The minimum Gasteiger partial charge on any atom is -0.493 e. The molecule has 1 atom stereocenters. The van der Waals surface area contributed by atoms with Crippen molar-refractivity contribution in [2.45, 2.75) is 44.6 Å². The van der Waals surface area contributed by atoms with Gasteiger partial charge in [0.25, 0.3) is 0 Å². The highest BCUT2D eigenvalue weighted by Gasteiger charge is 2.28. The van der Waals surface area contributed by atoms with Gasteiger partial charge in [0.05, 0.1) is 51.6 Å². The number of hydrogen-bond acceptors (Lipinski definition) is 9. The Bertz CT molecular complexity index is 1170. The molecule has 2 aromatic heterocycles. The minimum absolute atomic E-state index is 0.0729. The molecule has 0 amide bonds. The number of aryl methyl sites for hydroxylation is 1. The number of aromatic nitrogens is 4. The molecule has 10 nitrogen and oxygen atoms in total. The molecule has 2 aliphatic rings. The highest BCUT2D eigenvalue weighted by molar-refractivity contribution is 5.62. The third-order valence-electron chi connectivity index (χ3n) is 6.79. The fourth-order valence-corrected chi connectivity index (χ4v) is 4.97. The van der Waals surface area contributed by atoms with Crippen LogP contribution >= 0.6 is 0 Å². The van der Waals surface area contributed by atoms with Gasteiger partial charge < -0.3 is 34.1 Å². The molecule has 0 saturated carbocycles. The highest BCUT2D eigenvalue weighted by atomic mass is 16.5. The Labute approximate surface area is 204 Å². The fourth-order valence-electron chi connectivity index (χ4n) is 4.97. The lowest BCUT2D eigenvalue weighted by atomic mass is 9.96. The standard InChI is InChI=1S/C25H32N6O4/c1-33-20-11-17(12-21(34-2)23(20)35-3)30-13-22(26-15-30)28-24-18-8-4-5-9-19(18)27-25(29-24)31-10-6-7-16(31)14-32/h11-13,15-16,32H,4-10,14H2,1-3H3,(H,27,28,29). The summed E-state index contributed by atoms with van der Waals surface area (Å²) in [6, 6.07) is 3.82. The molecule has 1 aliphatic carbocycles. The normalized spacial score (nSPS) is 17.3. The van der Waals surface area contributed by atoms with Crippen LogP contribution in [0.3, 0.4) is 0 Å². The Hall–Kier alpha value is -3.53. The molecular formula is C25H32N6O4. The number of nitrogens with one attached hydrogen (secondary N) is 1. The Morgan fingerprint density at radius 2 is 1.80 bits per heavy atom. The van der Waals surface area contributed by atoms with Gasteiger partial charge >= 0.3 is 0 Å². The van der Waals surface area contributed by atoms with E-state index in [1.807, 2.05) is 22.9 Å². The van der Waals surface area contributed by atoms with Crippen molar-refractivity contribution in [1.82, 2.24) is 19.5 Å². The summed E-state index contributed by atoms with van der Waals surface area (Å²) in [7, 11) is 4.78. The van der Waals surface area contributed by atoms with Gasteiger partial charge in [-0.2, -0.15) is 4.98 Å². The van der Waals surface area contributed by atoms with Crippen LogP contribution in [0.15, 0.2) is 24.7 Å². The summed E-state index contributed by atoms with van der Waals surface area (Å²) in [5.41, 5.74) is 3.08. The summed E-state index contributed by atoms with van der Waals surface area (Å²) in [6.45, 7) is 0.974. The number of hydrogen-bond donors (Lipinski definition) is 2.